The number of halogens is 1. The Bertz CT molecular complexity index is 1240. The van der Waals surface area contributed by atoms with E-state index < -0.39 is 5.41 Å². The number of esters is 1. The summed E-state index contributed by atoms with van der Waals surface area (Å²) in [5, 5.41) is 12.7. The number of benzene rings is 2. The third-order valence-electron chi connectivity index (χ3n) is 10.1. The summed E-state index contributed by atoms with van der Waals surface area (Å²) in [5.74, 6) is 0.546. The predicted molar refractivity (Wildman–Crippen MR) is 160 cm³/mol. The van der Waals surface area contributed by atoms with Crippen molar-refractivity contribution >= 4 is 29.2 Å². The average Bonchev–Trinajstić information content (AvgIpc) is 3.02. The van der Waals surface area contributed by atoms with Crippen LogP contribution in [0.3, 0.4) is 0 Å². The zero-order chi connectivity index (χ0) is 29.0. The molecule has 0 aromatic heterocycles. The Morgan fingerprint density at radius 2 is 1.83 bits per heavy atom. The number of carbonyl (C=O) groups is 2. The molecule has 3 aliphatic heterocycles. The summed E-state index contributed by atoms with van der Waals surface area (Å²) < 4.78 is 10.9. The number of ether oxygens (including phenoxy) is 2. The van der Waals surface area contributed by atoms with Gasteiger partial charge in [-0.3, -0.25) is 9.59 Å². The first kappa shape index (κ1) is 29.9. The highest BCUT2D eigenvalue weighted by atomic mass is 35.5. The van der Waals surface area contributed by atoms with Crippen molar-refractivity contribution in [3.8, 4) is 5.75 Å². The fourth-order valence-corrected chi connectivity index (χ4v) is 8.17. The minimum Gasteiger partial charge on any atom is -0.496 e. The van der Waals surface area contributed by atoms with Crippen LogP contribution in [0.5, 0.6) is 5.75 Å². The summed E-state index contributed by atoms with van der Waals surface area (Å²) >= 11 is 6.32. The van der Waals surface area contributed by atoms with Crippen molar-refractivity contribution in [1.29, 1.82) is 0 Å². The molecular formula is C33H43ClN2O5. The van der Waals surface area contributed by atoms with Crippen molar-refractivity contribution in [2.75, 3.05) is 39.2 Å². The topological polar surface area (TPSA) is 88.1 Å². The minimum absolute atomic E-state index is 0.0828. The first-order valence-electron chi connectivity index (χ1n) is 15.0. The number of methoxy groups -OCH3 is 2. The molecule has 4 fully saturated rings. The van der Waals surface area contributed by atoms with Gasteiger partial charge in [-0.1, -0.05) is 48.7 Å². The molecule has 6 rings (SSSR count). The van der Waals surface area contributed by atoms with Crippen molar-refractivity contribution < 1.29 is 24.2 Å². The molecule has 2 aromatic carbocycles. The van der Waals surface area contributed by atoms with E-state index in [2.05, 4.69) is 34.5 Å². The number of anilines is 1. The SMILES string of the molecule is COC(=O)C1(c2cccc(CCCC(=O)Nc3cc(OC)c(CO)cc3Cl)c2)CCCCC1C12CCN(CC1)CC2. The summed E-state index contributed by atoms with van der Waals surface area (Å²) in [4.78, 5) is 29.1. The lowest BCUT2D eigenvalue weighted by molar-refractivity contribution is -0.159. The molecule has 3 saturated heterocycles. The highest BCUT2D eigenvalue weighted by Crippen LogP contribution is 2.58. The Balaban J connectivity index is 1.31. The van der Waals surface area contributed by atoms with Crippen molar-refractivity contribution in [2.24, 2.45) is 11.3 Å². The van der Waals surface area contributed by atoms with Gasteiger partial charge in [-0.15, -0.1) is 0 Å². The lowest BCUT2D eigenvalue weighted by Crippen LogP contribution is -2.59. The van der Waals surface area contributed by atoms with E-state index in [-0.39, 0.29) is 23.9 Å². The largest absolute Gasteiger partial charge is 0.496 e. The van der Waals surface area contributed by atoms with Gasteiger partial charge in [0.2, 0.25) is 5.91 Å². The van der Waals surface area contributed by atoms with Gasteiger partial charge >= 0.3 is 5.97 Å². The van der Waals surface area contributed by atoms with Crippen LogP contribution >= 0.6 is 11.6 Å². The number of piperidine rings is 3. The van der Waals surface area contributed by atoms with Crippen molar-refractivity contribution in [3.63, 3.8) is 0 Å². The number of carbonyl (C=O) groups excluding carboxylic acids is 2. The van der Waals surface area contributed by atoms with Crippen LogP contribution in [0.1, 0.15) is 74.5 Å². The standard InChI is InChI=1S/C33H43ClN2O5/c1-40-28-21-27(26(34)20-24(28)22-37)35-30(38)11-6-8-23-7-5-9-25(19-23)33(31(39)41-2)12-4-3-10-29(33)32-13-16-36(17-14-32)18-15-32/h5,7,9,19-21,29,37H,3-4,6,8,10-18,22H2,1-2H3,(H,35,38). The lowest BCUT2D eigenvalue weighted by Gasteiger charge is -2.58. The van der Waals surface area contributed by atoms with E-state index in [4.69, 9.17) is 21.1 Å². The van der Waals surface area contributed by atoms with Gasteiger partial charge in [-0.05, 0) is 93.1 Å². The summed E-state index contributed by atoms with van der Waals surface area (Å²) in [6.07, 6.45) is 9.34. The fraction of sp³-hybridized carbons (Fsp3) is 0.576. The molecule has 4 aliphatic rings. The Morgan fingerprint density at radius 3 is 2.51 bits per heavy atom. The maximum Gasteiger partial charge on any atom is 0.316 e. The minimum atomic E-state index is -0.615. The molecule has 1 aliphatic carbocycles. The molecule has 222 valence electrons. The van der Waals surface area contributed by atoms with Gasteiger partial charge in [0.1, 0.15) is 5.75 Å². The third kappa shape index (κ3) is 5.86. The molecule has 41 heavy (non-hydrogen) atoms. The number of hydrogen-bond donors (Lipinski definition) is 2. The number of amides is 1. The highest BCUT2D eigenvalue weighted by molar-refractivity contribution is 6.33. The highest BCUT2D eigenvalue weighted by Gasteiger charge is 2.58. The lowest BCUT2D eigenvalue weighted by atomic mass is 9.49. The normalized spacial score (nSPS) is 27.3. The molecule has 7 nitrogen and oxygen atoms in total. The Kier molecular flexibility index (Phi) is 9.27. The number of hydrogen-bond acceptors (Lipinski definition) is 6. The van der Waals surface area contributed by atoms with Gasteiger partial charge in [0.15, 0.2) is 0 Å². The molecule has 2 unspecified atom stereocenters. The van der Waals surface area contributed by atoms with Gasteiger partial charge in [-0.25, -0.2) is 0 Å². The maximum atomic E-state index is 13.8. The maximum absolute atomic E-state index is 13.8. The predicted octanol–water partition coefficient (Wildman–Crippen LogP) is 5.89. The van der Waals surface area contributed by atoms with Gasteiger partial charge in [0.25, 0.3) is 0 Å². The second kappa shape index (κ2) is 12.7. The van der Waals surface area contributed by atoms with Crippen molar-refractivity contribution in [1.82, 2.24) is 4.90 Å². The third-order valence-corrected chi connectivity index (χ3v) is 10.4. The number of nitrogens with one attached hydrogen (secondary N) is 1. The van der Waals surface area contributed by atoms with E-state index in [0.717, 1.165) is 56.4 Å². The Hall–Kier alpha value is -2.61. The van der Waals surface area contributed by atoms with Gasteiger partial charge in [0.05, 0.1) is 37.0 Å². The average molecular weight is 583 g/mol. The van der Waals surface area contributed by atoms with E-state index in [1.165, 1.54) is 32.8 Å². The number of rotatable bonds is 10. The number of nitrogens with zero attached hydrogens (tertiary/aromatic N) is 1. The first-order valence-corrected chi connectivity index (χ1v) is 15.4. The number of aryl methyl sites for hydroxylation is 1. The number of aliphatic hydroxyl groups is 1. The molecular weight excluding hydrogens is 540 g/mol. The second-order valence-corrected chi connectivity index (χ2v) is 12.5. The van der Waals surface area contributed by atoms with Crippen LogP contribution in [0, 0.1) is 11.3 Å². The summed E-state index contributed by atoms with van der Waals surface area (Å²) in [6.45, 7) is 3.21. The monoisotopic (exact) mass is 582 g/mol. The van der Waals surface area contributed by atoms with E-state index in [9.17, 15) is 14.7 Å². The molecule has 0 radical (unpaired) electrons. The van der Waals surface area contributed by atoms with E-state index in [1.54, 1.807) is 19.2 Å². The molecule has 1 amide bonds. The van der Waals surface area contributed by atoms with E-state index in [0.29, 0.717) is 40.8 Å². The quantitative estimate of drug-likeness (QED) is 0.340. The van der Waals surface area contributed by atoms with Crippen LogP contribution in [-0.2, 0) is 32.8 Å². The number of aliphatic hydroxyl groups excluding tert-OH is 1. The summed E-state index contributed by atoms with van der Waals surface area (Å²) in [5.41, 5.74) is 2.83. The van der Waals surface area contributed by atoms with Crippen LogP contribution in [0.2, 0.25) is 5.02 Å². The number of fused-ring (bicyclic) bond motifs is 3. The smallest absolute Gasteiger partial charge is 0.316 e. The molecule has 3 heterocycles. The summed E-state index contributed by atoms with van der Waals surface area (Å²) in [7, 11) is 3.05. The molecule has 1 saturated carbocycles. The van der Waals surface area contributed by atoms with Gasteiger partial charge in [-0.2, -0.15) is 0 Å². The van der Waals surface area contributed by atoms with Crippen molar-refractivity contribution in [3.05, 3.63) is 58.1 Å². The van der Waals surface area contributed by atoms with E-state index >= 15 is 0 Å². The Morgan fingerprint density at radius 1 is 1.07 bits per heavy atom. The molecule has 2 N–H and O–H groups in total. The zero-order valence-electron chi connectivity index (χ0n) is 24.3. The fourth-order valence-electron chi connectivity index (χ4n) is 7.94. The second-order valence-electron chi connectivity index (χ2n) is 12.1. The van der Waals surface area contributed by atoms with Crippen LogP contribution in [0.15, 0.2) is 36.4 Å². The van der Waals surface area contributed by atoms with Crippen molar-refractivity contribution in [2.45, 2.75) is 76.2 Å². The first-order chi connectivity index (χ1) is 19.8. The van der Waals surface area contributed by atoms with Crippen LogP contribution < -0.4 is 10.1 Å². The van der Waals surface area contributed by atoms with E-state index in [1.807, 2.05) is 0 Å². The molecule has 2 aromatic rings. The van der Waals surface area contributed by atoms with Gasteiger partial charge in [0, 0.05) is 18.1 Å². The summed E-state index contributed by atoms with van der Waals surface area (Å²) in [6, 6.07) is 11.7. The molecule has 2 atom stereocenters. The molecule has 2 bridgehead atoms. The molecule has 0 spiro atoms. The molecule has 8 heteroatoms. The zero-order valence-corrected chi connectivity index (χ0v) is 25.1. The van der Waals surface area contributed by atoms with Crippen LogP contribution in [-0.4, -0.2) is 55.7 Å². The van der Waals surface area contributed by atoms with Crippen LogP contribution in [0.4, 0.5) is 5.69 Å². The van der Waals surface area contributed by atoms with Crippen LogP contribution in [0.25, 0.3) is 0 Å². The Labute approximate surface area is 248 Å². The van der Waals surface area contributed by atoms with Gasteiger partial charge < -0.3 is 24.8 Å².